The number of anilines is 1. The number of rotatable bonds is 14. The number of likely N-dealkylation sites (tertiary alicyclic amines) is 1. The molecular weight excluding hydrogens is 957 g/mol. The second-order valence-electron chi connectivity index (χ2n) is 18.2. The summed E-state index contributed by atoms with van der Waals surface area (Å²) in [6.45, 7) is 5.50. The number of halogens is 3. The van der Waals surface area contributed by atoms with Crippen molar-refractivity contribution in [2.45, 2.75) is 96.1 Å². The summed E-state index contributed by atoms with van der Waals surface area (Å²) < 4.78 is 40.8. The van der Waals surface area contributed by atoms with Crippen LogP contribution in [0.25, 0.3) is 10.1 Å². The number of nitrogens with zero attached hydrogens (tertiary/aromatic N) is 3. The number of piperidine rings is 1. The Balaban J connectivity index is 0.966. The number of thiophene rings is 1. The van der Waals surface area contributed by atoms with Crippen molar-refractivity contribution in [2.24, 2.45) is 5.41 Å². The predicted molar refractivity (Wildman–Crippen MR) is 253 cm³/mol. The van der Waals surface area contributed by atoms with Crippen molar-refractivity contribution in [3.63, 3.8) is 0 Å². The third-order valence-electron chi connectivity index (χ3n) is 12.2. The maximum absolute atomic E-state index is 14.5. The van der Waals surface area contributed by atoms with E-state index >= 15 is 0 Å². The molecule has 21 heteroatoms. The number of imide groups is 1. The van der Waals surface area contributed by atoms with Gasteiger partial charge in [-0.15, -0.1) is 11.3 Å². The molecule has 7 rings (SSSR count). The summed E-state index contributed by atoms with van der Waals surface area (Å²) in [5, 5.41) is 8.49. The highest BCUT2D eigenvalue weighted by molar-refractivity contribution is 7.52. The van der Waals surface area contributed by atoms with Gasteiger partial charge in [-0.3, -0.25) is 43.4 Å². The van der Waals surface area contributed by atoms with Crippen LogP contribution >= 0.6 is 30.5 Å². The number of hydrogen-bond donors (Lipinski definition) is 5. The summed E-state index contributed by atoms with van der Waals surface area (Å²) >= 11 is 7.12. The van der Waals surface area contributed by atoms with Gasteiger partial charge in [0.15, 0.2) is 0 Å². The van der Waals surface area contributed by atoms with Gasteiger partial charge in [0.1, 0.15) is 24.7 Å². The zero-order valence-electron chi connectivity index (χ0n) is 37.9. The van der Waals surface area contributed by atoms with Crippen molar-refractivity contribution in [3.8, 4) is 11.8 Å². The second kappa shape index (κ2) is 20.5. The van der Waals surface area contributed by atoms with E-state index in [9.17, 15) is 56.7 Å². The van der Waals surface area contributed by atoms with E-state index in [-0.39, 0.29) is 67.5 Å². The molecule has 3 atom stereocenters. The number of unbranched alkanes of at least 4 members (excludes halogenated alkanes) is 2. The Morgan fingerprint density at radius 1 is 1.01 bits per heavy atom. The minimum atomic E-state index is -5.84. The molecular formula is C48H50ClF2N6O10PS. The molecule has 2 fully saturated rings. The molecule has 2 saturated heterocycles. The largest absolute Gasteiger partial charge is 0.399 e. The molecule has 2 unspecified atom stereocenters. The molecule has 5 N–H and O–H groups in total. The Bertz CT molecular complexity index is 2840. The molecule has 3 aromatic carbocycles. The first kappa shape index (κ1) is 50.8. The SMILES string of the molecule is CC(C)(C)C(NC(=O)c1cc2cc(C(F)(F)P(=O)(O)O)ccc2s1)C(=O)N1CCC[C@H]1C(=O)N(CC(=O)NCCCCC#Cc1cccc2c1CN(C1CCC(=O)NC1=O)C2=O)c1ccc(Cl)cc1. The number of amides is 7. The van der Waals surface area contributed by atoms with Crippen LogP contribution in [0.1, 0.15) is 102 Å². The first-order valence-electron chi connectivity index (χ1n) is 22.2. The molecule has 7 amide bonds. The molecule has 3 aliphatic heterocycles. The fourth-order valence-corrected chi connectivity index (χ4v) is 10.1. The summed E-state index contributed by atoms with van der Waals surface area (Å²) in [6.07, 6.45) is 2.81. The van der Waals surface area contributed by atoms with Crippen LogP contribution in [-0.2, 0) is 40.7 Å². The normalized spacial score (nSPS) is 17.8. The number of carbonyl (C=O) groups excluding carboxylic acids is 7. The van der Waals surface area contributed by atoms with E-state index in [1.807, 2.05) is 6.07 Å². The number of hydrogen-bond acceptors (Lipinski definition) is 9. The third kappa shape index (κ3) is 11.2. The quantitative estimate of drug-likeness (QED) is 0.0426. The Hall–Kier alpha value is -6.03. The van der Waals surface area contributed by atoms with Crippen molar-refractivity contribution < 1.29 is 56.7 Å². The lowest BCUT2D eigenvalue weighted by atomic mass is 9.85. The van der Waals surface area contributed by atoms with E-state index in [1.54, 1.807) is 57.2 Å². The Morgan fingerprint density at radius 2 is 1.75 bits per heavy atom. The van der Waals surface area contributed by atoms with Gasteiger partial charge in [-0.2, -0.15) is 8.78 Å². The third-order valence-corrected chi connectivity index (χ3v) is 14.6. The van der Waals surface area contributed by atoms with E-state index in [0.29, 0.717) is 52.2 Å². The second-order valence-corrected chi connectivity index (χ2v) is 21.3. The summed E-state index contributed by atoms with van der Waals surface area (Å²) in [4.78, 5) is 116. The highest BCUT2D eigenvalue weighted by atomic mass is 35.5. The first-order chi connectivity index (χ1) is 32.5. The molecule has 3 aliphatic rings. The zero-order valence-corrected chi connectivity index (χ0v) is 40.3. The number of fused-ring (bicyclic) bond motifs is 2. The van der Waals surface area contributed by atoms with Crippen molar-refractivity contribution in [1.82, 2.24) is 25.8 Å². The lowest BCUT2D eigenvalue weighted by Crippen LogP contribution is -2.58. The van der Waals surface area contributed by atoms with Gasteiger partial charge in [0, 0.05) is 64.6 Å². The molecule has 4 aromatic rings. The summed E-state index contributed by atoms with van der Waals surface area (Å²) in [6, 6.07) is 13.0. The van der Waals surface area contributed by atoms with Crippen molar-refractivity contribution in [3.05, 3.63) is 98.9 Å². The topological polar surface area (TPSA) is 223 Å². The van der Waals surface area contributed by atoms with Crippen LogP contribution in [0.3, 0.4) is 0 Å². The van der Waals surface area contributed by atoms with Crippen LogP contribution in [0.5, 0.6) is 0 Å². The van der Waals surface area contributed by atoms with Gasteiger partial charge in [-0.05, 0) is 103 Å². The van der Waals surface area contributed by atoms with Gasteiger partial charge in [-0.25, -0.2) is 0 Å². The number of nitrogens with one attached hydrogen (secondary N) is 3. The molecule has 69 heavy (non-hydrogen) atoms. The fourth-order valence-electron chi connectivity index (χ4n) is 8.54. The molecule has 0 bridgehead atoms. The summed E-state index contributed by atoms with van der Waals surface area (Å²) in [7, 11) is -5.84. The summed E-state index contributed by atoms with van der Waals surface area (Å²) in [5.41, 5.74) is -4.02. The van der Waals surface area contributed by atoms with Crippen molar-refractivity contribution in [1.29, 1.82) is 0 Å². The van der Waals surface area contributed by atoms with Gasteiger partial charge >= 0.3 is 13.3 Å². The molecule has 364 valence electrons. The van der Waals surface area contributed by atoms with Gasteiger partial charge < -0.3 is 35.1 Å². The van der Waals surface area contributed by atoms with Gasteiger partial charge in [0.25, 0.3) is 11.8 Å². The Labute approximate surface area is 405 Å². The predicted octanol–water partition coefficient (Wildman–Crippen LogP) is 6.05. The van der Waals surface area contributed by atoms with Crippen molar-refractivity contribution >= 4 is 87.7 Å². The van der Waals surface area contributed by atoms with Gasteiger partial charge in [-0.1, -0.05) is 56.3 Å². The molecule has 0 aliphatic carbocycles. The minimum Gasteiger partial charge on any atom is -0.355 e. The monoisotopic (exact) mass is 1010 g/mol. The van der Waals surface area contributed by atoms with Crippen LogP contribution in [-0.4, -0.2) is 98.7 Å². The highest BCUT2D eigenvalue weighted by Gasteiger charge is 2.50. The van der Waals surface area contributed by atoms with Gasteiger partial charge in [0.05, 0.1) is 4.88 Å². The first-order valence-corrected chi connectivity index (χ1v) is 25.0. The fraction of sp³-hybridized carbons (Fsp3) is 0.396. The lowest BCUT2D eigenvalue weighted by molar-refractivity contribution is -0.141. The van der Waals surface area contributed by atoms with Crippen LogP contribution in [0, 0.1) is 17.3 Å². The maximum Gasteiger partial charge on any atom is 0.399 e. The molecule has 0 spiro atoms. The molecule has 1 aromatic heterocycles. The number of carbonyl (C=O) groups is 7. The van der Waals surface area contributed by atoms with E-state index in [2.05, 4.69) is 27.8 Å². The van der Waals surface area contributed by atoms with Crippen LogP contribution in [0.15, 0.2) is 66.7 Å². The van der Waals surface area contributed by atoms with Crippen LogP contribution < -0.4 is 20.9 Å². The van der Waals surface area contributed by atoms with E-state index in [0.717, 1.165) is 29.0 Å². The van der Waals surface area contributed by atoms with Crippen molar-refractivity contribution in [2.75, 3.05) is 24.5 Å². The Morgan fingerprint density at radius 3 is 2.45 bits per heavy atom. The molecule has 0 radical (unpaired) electrons. The van der Waals surface area contributed by atoms with Gasteiger partial charge in [0.2, 0.25) is 29.5 Å². The standard InChI is InChI=1S/C48H50ClF2N6O10PS/c1-47(2,3)41(54-43(61)38-25-29-24-30(14-20-37(29)69-38)48(50,51)68(65,66)67)46(64)55-23-9-13-36(55)45(63)56(32-17-15-31(49)16-18-32)27-40(59)52-22-7-5-4-6-10-28-11-8-12-33-34(28)26-57(44(33)62)35-19-21-39(58)53-42(35)60/h8,11-12,14-18,20,24-25,35-36,41H,4-5,7,9,13,19,21-23,26-27H2,1-3H3,(H,52,59)(H,54,61)(H,53,58,60)(H2,65,66,67)/t35?,36-,41?/m0/s1. The molecule has 0 saturated carbocycles. The highest BCUT2D eigenvalue weighted by Crippen LogP contribution is 2.59. The Kier molecular flexibility index (Phi) is 15.1. The summed E-state index contributed by atoms with van der Waals surface area (Å²) in [5.74, 6) is 2.93. The lowest BCUT2D eigenvalue weighted by Gasteiger charge is -2.36. The molecule has 4 heterocycles. The zero-order chi connectivity index (χ0) is 50.0. The van der Waals surface area contributed by atoms with E-state index < -0.39 is 71.9 Å². The average molecular weight is 1010 g/mol. The minimum absolute atomic E-state index is 0.0565. The van der Waals surface area contributed by atoms with E-state index in [1.165, 1.54) is 26.8 Å². The van der Waals surface area contributed by atoms with Crippen LogP contribution in [0.2, 0.25) is 5.02 Å². The molecule has 16 nitrogen and oxygen atoms in total. The smallest absolute Gasteiger partial charge is 0.355 e. The number of alkyl halides is 2. The van der Waals surface area contributed by atoms with Crippen LogP contribution in [0.4, 0.5) is 14.5 Å². The van der Waals surface area contributed by atoms with E-state index in [4.69, 9.17) is 11.6 Å². The average Bonchev–Trinajstić information content (AvgIpc) is 4.04. The number of benzene rings is 3. The maximum atomic E-state index is 14.5.